The molecule has 0 spiro atoms. The first-order chi connectivity index (χ1) is 7.74. The third-order valence-electron chi connectivity index (χ3n) is 3.84. The summed E-state index contributed by atoms with van der Waals surface area (Å²) in [5, 5.41) is 3.73. The summed E-state index contributed by atoms with van der Waals surface area (Å²) in [6.45, 7) is 6.29. The molecule has 0 atom stereocenters. The van der Waals surface area contributed by atoms with E-state index in [1.807, 2.05) is 0 Å². The number of likely N-dealkylation sites (tertiary alicyclic amines) is 1. The van der Waals surface area contributed by atoms with Gasteiger partial charge in [-0.2, -0.15) is 0 Å². The molecule has 2 aliphatic rings. The van der Waals surface area contributed by atoms with E-state index in [0.717, 1.165) is 12.0 Å². The molecule has 2 fully saturated rings. The van der Waals surface area contributed by atoms with Gasteiger partial charge in [-0.05, 0) is 65.3 Å². The Morgan fingerprint density at radius 2 is 1.81 bits per heavy atom. The first-order valence-electron chi connectivity index (χ1n) is 6.84. The predicted octanol–water partition coefficient (Wildman–Crippen LogP) is 1.01. The van der Waals surface area contributed by atoms with Crippen LogP contribution in [0.1, 0.15) is 25.7 Å². The van der Waals surface area contributed by atoms with Crippen molar-refractivity contribution >= 4 is 0 Å². The van der Waals surface area contributed by atoms with Crippen LogP contribution in [0.4, 0.5) is 0 Å². The van der Waals surface area contributed by atoms with Crippen LogP contribution >= 0.6 is 0 Å². The van der Waals surface area contributed by atoms with Gasteiger partial charge in [0.05, 0.1) is 0 Å². The second-order valence-corrected chi connectivity index (χ2v) is 5.77. The first kappa shape index (κ1) is 12.3. The van der Waals surface area contributed by atoms with Gasteiger partial charge in [-0.1, -0.05) is 0 Å². The molecule has 1 aliphatic heterocycles. The number of nitrogens with zero attached hydrogens (tertiary/aromatic N) is 2. The van der Waals surface area contributed by atoms with Crippen molar-refractivity contribution in [2.75, 3.05) is 46.8 Å². The summed E-state index contributed by atoms with van der Waals surface area (Å²) >= 11 is 0. The maximum absolute atomic E-state index is 3.73. The predicted molar refractivity (Wildman–Crippen MR) is 68.7 cm³/mol. The Bertz CT molecular complexity index is 179. The molecule has 16 heavy (non-hydrogen) atoms. The molecule has 94 valence electrons. The van der Waals surface area contributed by atoms with Gasteiger partial charge in [0, 0.05) is 19.1 Å². The van der Waals surface area contributed by atoms with Gasteiger partial charge in [-0.25, -0.2) is 0 Å². The molecule has 1 N–H and O–H groups in total. The zero-order valence-electron chi connectivity index (χ0n) is 10.9. The fourth-order valence-electron chi connectivity index (χ4n) is 2.36. The van der Waals surface area contributed by atoms with Crippen molar-refractivity contribution in [1.82, 2.24) is 15.1 Å². The summed E-state index contributed by atoms with van der Waals surface area (Å²) in [4.78, 5) is 4.88. The molecule has 0 amide bonds. The minimum atomic E-state index is 0.802. The number of hydrogen-bond donors (Lipinski definition) is 1. The SMILES string of the molecule is CN(C)CCN1CCC(NCC2CC2)CC1. The van der Waals surface area contributed by atoms with Crippen LogP contribution in [0.25, 0.3) is 0 Å². The Morgan fingerprint density at radius 3 is 2.38 bits per heavy atom. The van der Waals surface area contributed by atoms with Gasteiger partial charge in [-0.15, -0.1) is 0 Å². The van der Waals surface area contributed by atoms with Crippen molar-refractivity contribution in [3.05, 3.63) is 0 Å². The van der Waals surface area contributed by atoms with E-state index in [1.54, 1.807) is 0 Å². The van der Waals surface area contributed by atoms with Gasteiger partial charge in [0.25, 0.3) is 0 Å². The van der Waals surface area contributed by atoms with E-state index in [1.165, 1.54) is 58.4 Å². The zero-order chi connectivity index (χ0) is 11.4. The van der Waals surface area contributed by atoms with Crippen LogP contribution in [0.3, 0.4) is 0 Å². The van der Waals surface area contributed by atoms with E-state index in [4.69, 9.17) is 0 Å². The highest BCUT2D eigenvalue weighted by atomic mass is 15.2. The van der Waals surface area contributed by atoms with Crippen molar-refractivity contribution in [3.8, 4) is 0 Å². The summed E-state index contributed by atoms with van der Waals surface area (Å²) in [7, 11) is 4.31. The van der Waals surface area contributed by atoms with Crippen molar-refractivity contribution in [2.24, 2.45) is 5.92 Å². The van der Waals surface area contributed by atoms with Gasteiger partial charge in [0.2, 0.25) is 0 Å². The molecule has 1 heterocycles. The highest BCUT2D eigenvalue weighted by molar-refractivity contribution is 4.81. The zero-order valence-corrected chi connectivity index (χ0v) is 10.9. The molecule has 0 aromatic carbocycles. The lowest BCUT2D eigenvalue weighted by molar-refractivity contribution is 0.182. The van der Waals surface area contributed by atoms with E-state index >= 15 is 0 Å². The van der Waals surface area contributed by atoms with Crippen LogP contribution in [0.2, 0.25) is 0 Å². The summed E-state index contributed by atoms with van der Waals surface area (Å²) in [5.74, 6) is 1.02. The standard InChI is InChI=1S/C13H27N3/c1-15(2)9-10-16-7-5-13(6-8-16)14-11-12-3-4-12/h12-14H,3-11H2,1-2H3. The third-order valence-corrected chi connectivity index (χ3v) is 3.84. The smallest absolute Gasteiger partial charge is 0.0109 e. The molecule has 1 aliphatic carbocycles. The monoisotopic (exact) mass is 225 g/mol. The third kappa shape index (κ3) is 4.40. The minimum Gasteiger partial charge on any atom is -0.314 e. The topological polar surface area (TPSA) is 18.5 Å². The molecular weight excluding hydrogens is 198 g/mol. The molecule has 3 heteroatoms. The molecule has 0 aromatic rings. The minimum absolute atomic E-state index is 0.802. The normalized spacial score (nSPS) is 24.2. The van der Waals surface area contributed by atoms with Crippen LogP contribution in [0.15, 0.2) is 0 Å². The second kappa shape index (κ2) is 5.99. The van der Waals surface area contributed by atoms with Crippen molar-refractivity contribution < 1.29 is 0 Å². The van der Waals surface area contributed by atoms with Crippen LogP contribution in [0.5, 0.6) is 0 Å². The van der Waals surface area contributed by atoms with Crippen molar-refractivity contribution in [1.29, 1.82) is 0 Å². The van der Waals surface area contributed by atoms with E-state index < -0.39 is 0 Å². The molecular formula is C13H27N3. The molecule has 0 radical (unpaired) electrons. The summed E-state index contributed by atoms with van der Waals surface area (Å²) in [6, 6.07) is 0.802. The number of piperidine rings is 1. The Morgan fingerprint density at radius 1 is 1.12 bits per heavy atom. The van der Waals surface area contributed by atoms with Crippen LogP contribution in [0, 0.1) is 5.92 Å². The first-order valence-corrected chi connectivity index (χ1v) is 6.84. The molecule has 0 aromatic heterocycles. The molecule has 1 saturated carbocycles. The Balaban J connectivity index is 1.54. The maximum atomic E-state index is 3.73. The van der Waals surface area contributed by atoms with Crippen molar-refractivity contribution in [3.63, 3.8) is 0 Å². The number of likely N-dealkylation sites (N-methyl/N-ethyl adjacent to an activating group) is 1. The average Bonchev–Trinajstić information content (AvgIpc) is 3.09. The second-order valence-electron chi connectivity index (χ2n) is 5.77. The van der Waals surface area contributed by atoms with Gasteiger partial charge in [-0.3, -0.25) is 0 Å². The molecule has 3 nitrogen and oxygen atoms in total. The lowest BCUT2D eigenvalue weighted by atomic mass is 10.0. The number of rotatable bonds is 6. The summed E-state index contributed by atoms with van der Waals surface area (Å²) in [5.41, 5.74) is 0. The van der Waals surface area contributed by atoms with E-state index in [0.29, 0.717) is 0 Å². The Kier molecular flexibility index (Phi) is 4.62. The van der Waals surface area contributed by atoms with Gasteiger partial charge in [0.15, 0.2) is 0 Å². The Hall–Kier alpha value is -0.120. The van der Waals surface area contributed by atoms with Crippen LogP contribution in [-0.4, -0.2) is 62.7 Å². The van der Waals surface area contributed by atoms with E-state index in [9.17, 15) is 0 Å². The van der Waals surface area contributed by atoms with Crippen LogP contribution < -0.4 is 5.32 Å². The average molecular weight is 225 g/mol. The highest BCUT2D eigenvalue weighted by Crippen LogP contribution is 2.28. The van der Waals surface area contributed by atoms with E-state index in [-0.39, 0.29) is 0 Å². The molecule has 0 unspecified atom stereocenters. The lowest BCUT2D eigenvalue weighted by Crippen LogP contribution is -2.44. The molecule has 0 bridgehead atoms. The van der Waals surface area contributed by atoms with Crippen LogP contribution in [-0.2, 0) is 0 Å². The number of nitrogens with one attached hydrogen (secondary N) is 1. The van der Waals surface area contributed by atoms with E-state index in [2.05, 4.69) is 29.2 Å². The van der Waals surface area contributed by atoms with Crippen molar-refractivity contribution in [2.45, 2.75) is 31.7 Å². The largest absolute Gasteiger partial charge is 0.314 e. The van der Waals surface area contributed by atoms with Gasteiger partial charge < -0.3 is 15.1 Å². The van der Waals surface area contributed by atoms with Gasteiger partial charge in [0.1, 0.15) is 0 Å². The quantitative estimate of drug-likeness (QED) is 0.728. The Labute approximate surface area is 100 Å². The summed E-state index contributed by atoms with van der Waals surface area (Å²) in [6.07, 6.45) is 5.63. The lowest BCUT2D eigenvalue weighted by Gasteiger charge is -2.33. The molecule has 2 rings (SSSR count). The summed E-state index contributed by atoms with van der Waals surface area (Å²) < 4.78 is 0. The van der Waals surface area contributed by atoms with Gasteiger partial charge >= 0.3 is 0 Å². The fraction of sp³-hybridized carbons (Fsp3) is 1.00. The maximum Gasteiger partial charge on any atom is 0.0109 e. The fourth-order valence-corrected chi connectivity index (χ4v) is 2.36. The molecule has 1 saturated heterocycles. The number of hydrogen-bond acceptors (Lipinski definition) is 3. The highest BCUT2D eigenvalue weighted by Gasteiger charge is 2.24.